The number of benzene rings is 2. The molecule has 21 heavy (non-hydrogen) atoms. The van der Waals surface area contributed by atoms with E-state index in [1.54, 1.807) is 43.4 Å². The molecule has 0 bridgehead atoms. The summed E-state index contributed by atoms with van der Waals surface area (Å²) < 4.78 is 5.56. The number of hydrogen-bond donors (Lipinski definition) is 2. The zero-order chi connectivity index (χ0) is 15.2. The predicted molar refractivity (Wildman–Crippen MR) is 78.3 cm³/mol. The summed E-state index contributed by atoms with van der Waals surface area (Å²) >= 11 is 0. The lowest BCUT2D eigenvalue weighted by Crippen LogP contribution is -2.06. The summed E-state index contributed by atoms with van der Waals surface area (Å²) in [5.41, 5.74) is 1.67. The maximum atomic E-state index is 11.0. The van der Waals surface area contributed by atoms with Crippen molar-refractivity contribution in [3.05, 3.63) is 63.7 Å². The number of rotatable bonds is 6. The van der Waals surface area contributed by atoms with Crippen molar-refractivity contribution in [3.8, 4) is 11.5 Å². The molecule has 0 atom stereocenters. The summed E-state index contributed by atoms with van der Waals surface area (Å²) in [6.07, 6.45) is 0. The first-order valence-electron chi connectivity index (χ1n) is 6.43. The largest absolute Gasteiger partial charge is 0.508 e. The summed E-state index contributed by atoms with van der Waals surface area (Å²) in [5, 5.41) is 23.2. The van der Waals surface area contributed by atoms with Crippen LogP contribution in [0.5, 0.6) is 11.5 Å². The fourth-order valence-corrected chi connectivity index (χ4v) is 1.89. The van der Waals surface area contributed by atoms with Crippen LogP contribution in [0.4, 0.5) is 5.69 Å². The van der Waals surface area contributed by atoms with Gasteiger partial charge in [0.2, 0.25) is 0 Å². The van der Waals surface area contributed by atoms with Crippen LogP contribution in [0.3, 0.4) is 0 Å². The van der Waals surface area contributed by atoms with Crippen LogP contribution in [0.15, 0.2) is 42.5 Å². The first-order chi connectivity index (χ1) is 10.1. The van der Waals surface area contributed by atoms with Gasteiger partial charge in [0.15, 0.2) is 5.75 Å². The fraction of sp³-hybridized carbons (Fsp3) is 0.200. The highest BCUT2D eigenvalue weighted by molar-refractivity contribution is 5.48. The Hall–Kier alpha value is -2.60. The van der Waals surface area contributed by atoms with Gasteiger partial charge in [-0.05, 0) is 36.4 Å². The van der Waals surface area contributed by atoms with Gasteiger partial charge in [0.1, 0.15) is 12.4 Å². The van der Waals surface area contributed by atoms with Crippen LogP contribution in [-0.2, 0) is 13.2 Å². The van der Waals surface area contributed by atoms with Crippen LogP contribution in [0.1, 0.15) is 11.1 Å². The number of aromatic hydroxyl groups is 1. The van der Waals surface area contributed by atoms with Gasteiger partial charge in [-0.15, -0.1) is 0 Å². The third kappa shape index (κ3) is 3.93. The van der Waals surface area contributed by atoms with E-state index in [0.717, 1.165) is 11.1 Å². The minimum atomic E-state index is -0.463. The topological polar surface area (TPSA) is 84.6 Å². The molecule has 0 aliphatic carbocycles. The molecule has 0 aromatic heterocycles. The molecule has 0 fully saturated rings. The van der Waals surface area contributed by atoms with Gasteiger partial charge in [0, 0.05) is 12.6 Å². The second-order valence-corrected chi connectivity index (χ2v) is 4.54. The van der Waals surface area contributed by atoms with Crippen molar-refractivity contribution in [1.82, 2.24) is 5.32 Å². The summed E-state index contributed by atoms with van der Waals surface area (Å²) in [5.74, 6) is 0.404. The van der Waals surface area contributed by atoms with Gasteiger partial charge < -0.3 is 15.2 Å². The maximum absolute atomic E-state index is 11.0. The van der Waals surface area contributed by atoms with Crippen molar-refractivity contribution in [1.29, 1.82) is 0 Å². The number of phenolic OH excluding ortho intramolecular Hbond substituents is 1. The second kappa shape index (κ2) is 6.71. The van der Waals surface area contributed by atoms with E-state index >= 15 is 0 Å². The molecule has 110 valence electrons. The maximum Gasteiger partial charge on any atom is 0.310 e. The van der Waals surface area contributed by atoms with E-state index in [4.69, 9.17) is 4.74 Å². The molecule has 2 aromatic rings. The van der Waals surface area contributed by atoms with E-state index in [0.29, 0.717) is 6.54 Å². The first kappa shape index (κ1) is 14.8. The van der Waals surface area contributed by atoms with Crippen molar-refractivity contribution in [3.63, 3.8) is 0 Å². The van der Waals surface area contributed by atoms with Crippen LogP contribution >= 0.6 is 0 Å². The number of ether oxygens (including phenoxy) is 1. The molecule has 0 unspecified atom stereocenters. The SMILES string of the molecule is CNCc1ccc([N+](=O)[O-])c(OCc2ccc(O)cc2)c1. The molecule has 0 saturated heterocycles. The van der Waals surface area contributed by atoms with Gasteiger partial charge >= 0.3 is 5.69 Å². The molecule has 2 rings (SSSR count). The van der Waals surface area contributed by atoms with Crippen molar-refractivity contribution in [2.24, 2.45) is 0 Å². The third-order valence-corrected chi connectivity index (χ3v) is 2.93. The van der Waals surface area contributed by atoms with Crippen LogP contribution in [0.25, 0.3) is 0 Å². The summed E-state index contributed by atoms with van der Waals surface area (Å²) in [6, 6.07) is 11.3. The van der Waals surface area contributed by atoms with E-state index in [1.165, 1.54) is 6.07 Å². The average molecular weight is 288 g/mol. The van der Waals surface area contributed by atoms with Crippen molar-refractivity contribution in [2.45, 2.75) is 13.2 Å². The Kier molecular flexibility index (Phi) is 4.73. The zero-order valence-corrected chi connectivity index (χ0v) is 11.6. The van der Waals surface area contributed by atoms with Crippen LogP contribution < -0.4 is 10.1 Å². The van der Waals surface area contributed by atoms with E-state index in [-0.39, 0.29) is 23.8 Å². The number of hydrogen-bond acceptors (Lipinski definition) is 5. The molecule has 0 spiro atoms. The molecule has 0 saturated carbocycles. The van der Waals surface area contributed by atoms with Gasteiger partial charge in [0.25, 0.3) is 0 Å². The van der Waals surface area contributed by atoms with E-state index in [2.05, 4.69) is 5.32 Å². The van der Waals surface area contributed by atoms with Crippen LogP contribution in [-0.4, -0.2) is 17.1 Å². The predicted octanol–water partition coefficient (Wildman–Crippen LogP) is 2.60. The monoisotopic (exact) mass is 288 g/mol. The van der Waals surface area contributed by atoms with Gasteiger partial charge in [-0.2, -0.15) is 0 Å². The Morgan fingerprint density at radius 1 is 1.19 bits per heavy atom. The molecule has 0 heterocycles. The standard InChI is InChI=1S/C15H16N2O4/c1-16-9-12-4-7-14(17(19)20)15(8-12)21-10-11-2-5-13(18)6-3-11/h2-8,16,18H,9-10H2,1H3. The van der Waals surface area contributed by atoms with Crippen LogP contribution in [0, 0.1) is 10.1 Å². The lowest BCUT2D eigenvalue weighted by Gasteiger charge is -2.09. The normalized spacial score (nSPS) is 10.3. The van der Waals surface area contributed by atoms with Crippen LogP contribution in [0.2, 0.25) is 0 Å². The van der Waals surface area contributed by atoms with Crippen molar-refractivity contribution in [2.75, 3.05) is 7.05 Å². The Balaban J connectivity index is 2.18. The quantitative estimate of drug-likeness (QED) is 0.630. The number of nitrogens with zero attached hydrogens (tertiary/aromatic N) is 1. The van der Waals surface area contributed by atoms with Gasteiger partial charge in [-0.25, -0.2) is 0 Å². The highest BCUT2D eigenvalue weighted by Gasteiger charge is 2.15. The first-order valence-corrected chi connectivity index (χ1v) is 6.43. The minimum Gasteiger partial charge on any atom is -0.508 e. The molecule has 0 radical (unpaired) electrons. The molecule has 2 N–H and O–H groups in total. The van der Waals surface area contributed by atoms with Crippen molar-refractivity contribution < 1.29 is 14.8 Å². The molecule has 0 aliphatic rings. The lowest BCUT2D eigenvalue weighted by atomic mass is 10.2. The second-order valence-electron chi connectivity index (χ2n) is 4.54. The molecular weight excluding hydrogens is 272 g/mol. The van der Waals surface area contributed by atoms with E-state index in [1.807, 2.05) is 0 Å². The molecule has 2 aromatic carbocycles. The third-order valence-electron chi connectivity index (χ3n) is 2.93. The average Bonchev–Trinajstić information content (AvgIpc) is 2.47. The Labute approximate surface area is 122 Å². The van der Waals surface area contributed by atoms with Gasteiger partial charge in [0.05, 0.1) is 4.92 Å². The number of nitro groups is 1. The van der Waals surface area contributed by atoms with E-state index < -0.39 is 4.92 Å². The highest BCUT2D eigenvalue weighted by Crippen LogP contribution is 2.29. The number of nitro benzene ring substituents is 1. The lowest BCUT2D eigenvalue weighted by molar-refractivity contribution is -0.386. The number of nitrogens with one attached hydrogen (secondary N) is 1. The minimum absolute atomic E-state index is 0.0615. The Bertz CT molecular complexity index is 626. The molecule has 0 amide bonds. The Morgan fingerprint density at radius 2 is 1.86 bits per heavy atom. The summed E-state index contributed by atoms with van der Waals surface area (Å²) in [4.78, 5) is 10.6. The molecule has 6 nitrogen and oxygen atoms in total. The Morgan fingerprint density at radius 3 is 2.48 bits per heavy atom. The van der Waals surface area contributed by atoms with E-state index in [9.17, 15) is 15.2 Å². The zero-order valence-electron chi connectivity index (χ0n) is 11.6. The van der Waals surface area contributed by atoms with Gasteiger partial charge in [-0.3, -0.25) is 10.1 Å². The molecular formula is C15H16N2O4. The van der Waals surface area contributed by atoms with Crippen molar-refractivity contribution >= 4 is 5.69 Å². The summed E-state index contributed by atoms with van der Waals surface area (Å²) in [7, 11) is 1.80. The highest BCUT2D eigenvalue weighted by atomic mass is 16.6. The summed E-state index contributed by atoms with van der Waals surface area (Å²) in [6.45, 7) is 0.803. The number of phenols is 1. The molecule has 6 heteroatoms. The fourth-order valence-electron chi connectivity index (χ4n) is 1.89. The smallest absolute Gasteiger partial charge is 0.310 e. The molecule has 0 aliphatic heterocycles. The van der Waals surface area contributed by atoms with Gasteiger partial charge in [-0.1, -0.05) is 18.2 Å².